The minimum absolute atomic E-state index is 0.291. The highest BCUT2D eigenvalue weighted by Crippen LogP contribution is 2.35. The SMILES string of the molecule is COc1ccccc1-c1cn[nH]c1-c1ccc(S(C)(=O)=O)cc1. The van der Waals surface area contributed by atoms with Crippen molar-refractivity contribution >= 4 is 9.84 Å². The highest BCUT2D eigenvalue weighted by Gasteiger charge is 2.14. The van der Waals surface area contributed by atoms with Crippen molar-refractivity contribution in [2.24, 2.45) is 0 Å². The fourth-order valence-corrected chi connectivity index (χ4v) is 3.08. The van der Waals surface area contributed by atoms with Crippen LogP contribution in [-0.2, 0) is 9.84 Å². The van der Waals surface area contributed by atoms with Gasteiger partial charge in [0, 0.05) is 22.9 Å². The van der Waals surface area contributed by atoms with Crippen LogP contribution in [0.4, 0.5) is 0 Å². The molecule has 3 rings (SSSR count). The summed E-state index contributed by atoms with van der Waals surface area (Å²) in [5.41, 5.74) is 3.49. The average molecular weight is 328 g/mol. The Hall–Kier alpha value is -2.60. The lowest BCUT2D eigenvalue weighted by molar-refractivity contribution is 0.416. The maximum Gasteiger partial charge on any atom is 0.175 e. The number of aromatic nitrogens is 2. The van der Waals surface area contributed by atoms with Gasteiger partial charge in [0.15, 0.2) is 9.84 Å². The molecule has 0 aliphatic rings. The maximum atomic E-state index is 11.6. The Labute approximate surface area is 134 Å². The Balaban J connectivity index is 2.08. The normalized spacial score (nSPS) is 11.4. The summed E-state index contributed by atoms with van der Waals surface area (Å²) in [6, 6.07) is 14.4. The lowest BCUT2D eigenvalue weighted by Gasteiger charge is -2.09. The maximum absolute atomic E-state index is 11.6. The van der Waals surface area contributed by atoms with Crippen molar-refractivity contribution in [1.29, 1.82) is 0 Å². The predicted octanol–water partition coefficient (Wildman–Crippen LogP) is 3.16. The Morgan fingerprint density at radius 2 is 1.70 bits per heavy atom. The van der Waals surface area contributed by atoms with Gasteiger partial charge in [-0.3, -0.25) is 5.10 Å². The number of rotatable bonds is 4. The van der Waals surface area contributed by atoms with Crippen LogP contribution in [0, 0.1) is 0 Å². The first kappa shape index (κ1) is 15.3. The molecule has 0 spiro atoms. The van der Waals surface area contributed by atoms with Crippen LogP contribution in [0.3, 0.4) is 0 Å². The zero-order valence-electron chi connectivity index (χ0n) is 12.8. The van der Waals surface area contributed by atoms with E-state index in [1.165, 1.54) is 6.26 Å². The van der Waals surface area contributed by atoms with E-state index in [0.717, 1.165) is 28.1 Å². The van der Waals surface area contributed by atoms with Gasteiger partial charge in [-0.1, -0.05) is 30.3 Å². The van der Waals surface area contributed by atoms with Crippen molar-refractivity contribution in [2.45, 2.75) is 4.90 Å². The van der Waals surface area contributed by atoms with Gasteiger partial charge in [0.05, 0.1) is 23.9 Å². The number of hydrogen-bond donors (Lipinski definition) is 1. The van der Waals surface area contributed by atoms with Gasteiger partial charge < -0.3 is 4.74 Å². The Morgan fingerprint density at radius 3 is 2.35 bits per heavy atom. The van der Waals surface area contributed by atoms with E-state index in [2.05, 4.69) is 10.2 Å². The van der Waals surface area contributed by atoms with E-state index in [1.807, 2.05) is 24.3 Å². The van der Waals surface area contributed by atoms with E-state index in [1.54, 1.807) is 37.6 Å². The van der Waals surface area contributed by atoms with Crippen LogP contribution in [-0.4, -0.2) is 32.0 Å². The minimum Gasteiger partial charge on any atom is -0.496 e. The lowest BCUT2D eigenvalue weighted by Crippen LogP contribution is -1.96. The number of nitrogens with zero attached hydrogens (tertiary/aromatic N) is 1. The molecule has 0 aliphatic heterocycles. The minimum atomic E-state index is -3.21. The first-order valence-corrected chi connectivity index (χ1v) is 8.87. The predicted molar refractivity (Wildman–Crippen MR) is 89.1 cm³/mol. The van der Waals surface area contributed by atoms with Gasteiger partial charge in [-0.25, -0.2) is 8.42 Å². The van der Waals surface area contributed by atoms with Gasteiger partial charge in [-0.2, -0.15) is 5.10 Å². The second-order valence-corrected chi connectivity index (χ2v) is 7.17. The summed E-state index contributed by atoms with van der Waals surface area (Å²) in [5.74, 6) is 0.753. The number of aromatic amines is 1. The monoisotopic (exact) mass is 328 g/mol. The fraction of sp³-hybridized carbons (Fsp3) is 0.118. The van der Waals surface area contributed by atoms with Crippen molar-refractivity contribution in [3.63, 3.8) is 0 Å². The van der Waals surface area contributed by atoms with Crippen molar-refractivity contribution in [1.82, 2.24) is 10.2 Å². The van der Waals surface area contributed by atoms with Crippen LogP contribution in [0.1, 0.15) is 0 Å². The molecule has 0 atom stereocenters. The molecule has 0 amide bonds. The van der Waals surface area contributed by atoms with Crippen LogP contribution in [0.2, 0.25) is 0 Å². The Kier molecular flexibility index (Phi) is 3.92. The Bertz CT molecular complexity index is 928. The summed E-state index contributed by atoms with van der Waals surface area (Å²) < 4.78 is 28.5. The quantitative estimate of drug-likeness (QED) is 0.798. The number of hydrogen-bond acceptors (Lipinski definition) is 4. The number of H-pyrrole nitrogens is 1. The third-order valence-corrected chi connectivity index (χ3v) is 4.74. The first-order chi connectivity index (χ1) is 11.0. The van der Waals surface area contributed by atoms with Gasteiger partial charge in [0.1, 0.15) is 5.75 Å². The number of methoxy groups -OCH3 is 1. The van der Waals surface area contributed by atoms with Crippen molar-refractivity contribution < 1.29 is 13.2 Å². The zero-order valence-corrected chi connectivity index (χ0v) is 13.6. The van der Waals surface area contributed by atoms with Gasteiger partial charge in [-0.15, -0.1) is 0 Å². The first-order valence-electron chi connectivity index (χ1n) is 6.98. The van der Waals surface area contributed by atoms with E-state index >= 15 is 0 Å². The van der Waals surface area contributed by atoms with Crippen molar-refractivity contribution in [3.05, 3.63) is 54.7 Å². The van der Waals surface area contributed by atoms with E-state index < -0.39 is 9.84 Å². The molecule has 1 N–H and O–H groups in total. The van der Waals surface area contributed by atoms with E-state index in [0.29, 0.717) is 4.90 Å². The molecule has 5 nitrogen and oxygen atoms in total. The molecule has 0 aliphatic carbocycles. The summed E-state index contributed by atoms with van der Waals surface area (Å²) in [6.45, 7) is 0. The highest BCUT2D eigenvalue weighted by atomic mass is 32.2. The molecule has 0 bridgehead atoms. The third-order valence-electron chi connectivity index (χ3n) is 3.61. The molecule has 2 aromatic carbocycles. The third kappa shape index (κ3) is 2.98. The largest absolute Gasteiger partial charge is 0.496 e. The Morgan fingerprint density at radius 1 is 1.00 bits per heavy atom. The fourth-order valence-electron chi connectivity index (χ4n) is 2.45. The summed E-state index contributed by atoms with van der Waals surface area (Å²) >= 11 is 0. The van der Waals surface area contributed by atoms with E-state index in [9.17, 15) is 8.42 Å². The molecule has 23 heavy (non-hydrogen) atoms. The smallest absolute Gasteiger partial charge is 0.175 e. The molecule has 0 unspecified atom stereocenters. The summed E-state index contributed by atoms with van der Waals surface area (Å²) in [4.78, 5) is 0.291. The molecule has 0 saturated carbocycles. The topological polar surface area (TPSA) is 72.0 Å². The molecule has 1 aromatic heterocycles. The molecule has 1 heterocycles. The lowest BCUT2D eigenvalue weighted by atomic mass is 10.0. The molecular formula is C17H16N2O3S. The molecule has 6 heteroatoms. The van der Waals surface area contributed by atoms with Gasteiger partial charge >= 0.3 is 0 Å². The molecule has 3 aromatic rings. The molecule has 118 valence electrons. The van der Waals surface area contributed by atoms with Gasteiger partial charge in [0.25, 0.3) is 0 Å². The number of benzene rings is 2. The van der Waals surface area contributed by atoms with Crippen LogP contribution < -0.4 is 4.74 Å². The summed E-state index contributed by atoms with van der Waals surface area (Å²) in [5, 5.41) is 7.10. The van der Waals surface area contributed by atoms with Gasteiger partial charge in [0.2, 0.25) is 0 Å². The van der Waals surface area contributed by atoms with E-state index in [4.69, 9.17) is 4.74 Å². The molecule has 0 saturated heterocycles. The number of sulfone groups is 1. The second-order valence-electron chi connectivity index (χ2n) is 5.16. The number of ether oxygens (including phenoxy) is 1. The average Bonchev–Trinajstić information content (AvgIpc) is 3.03. The van der Waals surface area contributed by atoms with Gasteiger partial charge in [-0.05, 0) is 18.2 Å². The standard InChI is InChI=1S/C17H16N2O3S/c1-22-16-6-4-3-5-14(16)15-11-18-19-17(15)12-7-9-13(10-8-12)23(2,20)21/h3-11H,1-2H3,(H,18,19). The van der Waals surface area contributed by atoms with Crippen molar-refractivity contribution in [2.75, 3.05) is 13.4 Å². The number of para-hydroxylation sites is 1. The molecular weight excluding hydrogens is 312 g/mol. The molecule has 0 fully saturated rings. The van der Waals surface area contributed by atoms with Crippen LogP contribution in [0.5, 0.6) is 5.75 Å². The zero-order chi connectivity index (χ0) is 16.4. The van der Waals surface area contributed by atoms with Crippen molar-refractivity contribution in [3.8, 4) is 28.1 Å². The summed E-state index contributed by atoms with van der Waals surface area (Å²) in [6.07, 6.45) is 2.93. The second kappa shape index (κ2) is 5.89. The van der Waals surface area contributed by atoms with Crippen LogP contribution in [0.15, 0.2) is 59.6 Å². The van der Waals surface area contributed by atoms with Crippen LogP contribution in [0.25, 0.3) is 22.4 Å². The molecule has 0 radical (unpaired) electrons. The van der Waals surface area contributed by atoms with E-state index in [-0.39, 0.29) is 0 Å². The van der Waals surface area contributed by atoms with Crippen LogP contribution >= 0.6 is 0 Å². The highest BCUT2D eigenvalue weighted by molar-refractivity contribution is 7.90. The summed E-state index contributed by atoms with van der Waals surface area (Å²) in [7, 11) is -1.58. The number of nitrogens with one attached hydrogen (secondary N) is 1.